The number of hydrogen-bond donors (Lipinski definition) is 2. The zero-order valence-electron chi connectivity index (χ0n) is 20.6. The quantitative estimate of drug-likeness (QED) is 0.422. The van der Waals surface area contributed by atoms with E-state index in [2.05, 4.69) is 27.4 Å². The van der Waals surface area contributed by atoms with Gasteiger partial charge in [0.15, 0.2) is 5.65 Å². The van der Waals surface area contributed by atoms with Gasteiger partial charge in [0.1, 0.15) is 5.56 Å². The normalized spacial score (nSPS) is 14.9. The third-order valence-electron chi connectivity index (χ3n) is 7.03. The van der Waals surface area contributed by atoms with Crippen LogP contribution in [0.4, 0.5) is 11.6 Å². The number of nitrogens with two attached hydrogens (primary N) is 1. The number of ether oxygens (including phenoxy) is 1. The summed E-state index contributed by atoms with van der Waals surface area (Å²) in [6.07, 6.45) is 5.95. The van der Waals surface area contributed by atoms with Crippen LogP contribution in [0, 0.1) is 0 Å². The molecule has 3 N–H and O–H groups in total. The molecule has 2 amide bonds. The van der Waals surface area contributed by atoms with Gasteiger partial charge in [-0.1, -0.05) is 12.1 Å². The van der Waals surface area contributed by atoms with Crippen molar-refractivity contribution in [3.8, 4) is 5.69 Å². The average Bonchev–Trinajstić information content (AvgIpc) is 3.41. The summed E-state index contributed by atoms with van der Waals surface area (Å²) in [6, 6.07) is 13.2. The Hall–Kier alpha value is -4.57. The third kappa shape index (κ3) is 4.39. The number of morpholine rings is 1. The van der Waals surface area contributed by atoms with Crippen molar-refractivity contribution in [1.29, 1.82) is 0 Å². The fourth-order valence-corrected chi connectivity index (χ4v) is 5.06. The van der Waals surface area contributed by atoms with Crippen molar-refractivity contribution >= 4 is 34.5 Å². The zero-order chi connectivity index (χ0) is 26.2. The number of primary amides is 1. The van der Waals surface area contributed by atoms with Crippen LogP contribution in [0.2, 0.25) is 0 Å². The average molecular weight is 511 g/mol. The summed E-state index contributed by atoms with van der Waals surface area (Å²) in [4.78, 5) is 48.7. The van der Waals surface area contributed by atoms with Crippen LogP contribution in [0.25, 0.3) is 16.7 Å². The highest BCUT2D eigenvalue weighted by molar-refractivity contribution is 5.96. The summed E-state index contributed by atoms with van der Waals surface area (Å²) in [5.74, 6) is -0.633. The van der Waals surface area contributed by atoms with Crippen LogP contribution >= 0.6 is 0 Å². The number of carbonyl (C=O) groups excluding carboxylic acids is 2. The number of aromatic nitrogens is 3. The lowest BCUT2D eigenvalue weighted by molar-refractivity contribution is 0.0303. The highest BCUT2D eigenvalue weighted by atomic mass is 16.5. The minimum Gasteiger partial charge on any atom is -0.378 e. The van der Waals surface area contributed by atoms with Crippen molar-refractivity contribution in [2.75, 3.05) is 31.6 Å². The van der Waals surface area contributed by atoms with E-state index in [1.807, 2.05) is 12.1 Å². The van der Waals surface area contributed by atoms with E-state index in [9.17, 15) is 14.4 Å². The van der Waals surface area contributed by atoms with E-state index in [-0.39, 0.29) is 22.8 Å². The molecule has 0 unspecified atom stereocenters. The molecule has 1 saturated heterocycles. The van der Waals surface area contributed by atoms with E-state index < -0.39 is 11.3 Å². The maximum atomic E-state index is 13.0. The van der Waals surface area contributed by atoms with E-state index in [1.165, 1.54) is 23.5 Å². The number of carbonyl (C=O) groups is 2. The van der Waals surface area contributed by atoms with Crippen molar-refractivity contribution in [2.45, 2.75) is 19.3 Å². The number of fused-ring (bicyclic) bond motifs is 2. The molecule has 4 aromatic rings. The molecule has 10 heteroatoms. The highest BCUT2D eigenvalue weighted by Crippen LogP contribution is 2.26. The molecule has 2 aromatic carbocycles. The van der Waals surface area contributed by atoms with Gasteiger partial charge in [-0.3, -0.25) is 14.4 Å². The van der Waals surface area contributed by atoms with Gasteiger partial charge in [0.05, 0.1) is 18.6 Å². The monoisotopic (exact) mass is 510 g/mol. The molecule has 0 saturated carbocycles. The number of aryl methyl sites for hydroxylation is 2. The van der Waals surface area contributed by atoms with Crippen LogP contribution in [-0.2, 0) is 17.6 Å². The maximum Gasteiger partial charge on any atom is 0.254 e. The van der Waals surface area contributed by atoms with Crippen molar-refractivity contribution in [3.63, 3.8) is 0 Å². The Labute approximate surface area is 218 Å². The Bertz CT molecular complexity index is 1640. The van der Waals surface area contributed by atoms with Crippen LogP contribution in [0.5, 0.6) is 0 Å². The Morgan fingerprint density at radius 1 is 1.03 bits per heavy atom. The van der Waals surface area contributed by atoms with Crippen LogP contribution in [0.3, 0.4) is 0 Å². The largest absolute Gasteiger partial charge is 0.378 e. The predicted octanol–water partition coefficient (Wildman–Crippen LogP) is 2.58. The standard InChI is InChI=1S/C28H26N6O4/c29-25(36)23-16-34(21-8-7-17-3-1-4-18(17)14-21)26-22(24(23)35)15-30-28(32-26)31-20-6-2-5-19(13-20)27(37)33-9-11-38-12-10-33/h2,5-8,13-16H,1,3-4,9-12H2,(H2,29,36)(H,30,31,32). The van der Waals surface area contributed by atoms with Gasteiger partial charge in [-0.25, -0.2) is 4.98 Å². The molecule has 0 spiro atoms. The van der Waals surface area contributed by atoms with Gasteiger partial charge in [0.25, 0.3) is 11.8 Å². The minimum absolute atomic E-state index is 0.0687. The zero-order valence-corrected chi connectivity index (χ0v) is 20.6. The summed E-state index contributed by atoms with van der Waals surface area (Å²) < 4.78 is 7.05. The van der Waals surface area contributed by atoms with Crippen LogP contribution < -0.4 is 16.5 Å². The molecule has 10 nitrogen and oxygen atoms in total. The van der Waals surface area contributed by atoms with Gasteiger partial charge in [0.2, 0.25) is 11.4 Å². The molecule has 3 heterocycles. The molecule has 2 aliphatic rings. The SMILES string of the molecule is NC(=O)c1cn(-c2ccc3c(c2)CCC3)c2nc(Nc3cccc(C(=O)N4CCOCC4)c3)ncc2c1=O. The number of benzene rings is 2. The van der Waals surface area contributed by atoms with Gasteiger partial charge >= 0.3 is 0 Å². The maximum absolute atomic E-state index is 13.0. The minimum atomic E-state index is -0.809. The van der Waals surface area contributed by atoms with Gasteiger partial charge in [-0.2, -0.15) is 4.98 Å². The summed E-state index contributed by atoms with van der Waals surface area (Å²) in [7, 11) is 0. The van der Waals surface area contributed by atoms with Gasteiger partial charge in [-0.15, -0.1) is 0 Å². The second kappa shape index (κ2) is 9.71. The summed E-state index contributed by atoms with van der Waals surface area (Å²) in [6.45, 7) is 2.16. The summed E-state index contributed by atoms with van der Waals surface area (Å²) >= 11 is 0. The second-order valence-electron chi connectivity index (χ2n) is 9.45. The first-order valence-electron chi connectivity index (χ1n) is 12.6. The van der Waals surface area contributed by atoms with Crippen molar-refractivity contribution < 1.29 is 14.3 Å². The van der Waals surface area contributed by atoms with Gasteiger partial charge < -0.3 is 25.3 Å². The molecule has 0 bridgehead atoms. The third-order valence-corrected chi connectivity index (χ3v) is 7.03. The first kappa shape index (κ1) is 23.8. The fourth-order valence-electron chi connectivity index (χ4n) is 5.06. The summed E-state index contributed by atoms with van der Waals surface area (Å²) in [5.41, 5.74) is 9.71. The Balaban J connectivity index is 1.39. The van der Waals surface area contributed by atoms with E-state index in [1.54, 1.807) is 27.7 Å². The summed E-state index contributed by atoms with van der Waals surface area (Å²) in [5, 5.41) is 3.33. The number of anilines is 2. The number of pyridine rings is 1. The lowest BCUT2D eigenvalue weighted by Gasteiger charge is -2.27. The molecule has 6 rings (SSSR count). The van der Waals surface area contributed by atoms with Gasteiger partial charge in [0, 0.05) is 42.4 Å². The Morgan fingerprint density at radius 2 is 1.84 bits per heavy atom. The van der Waals surface area contributed by atoms with Crippen LogP contribution in [0.1, 0.15) is 38.3 Å². The Kier molecular flexibility index (Phi) is 6.09. The predicted molar refractivity (Wildman–Crippen MR) is 142 cm³/mol. The molecule has 1 fully saturated rings. The Morgan fingerprint density at radius 3 is 2.66 bits per heavy atom. The molecule has 0 atom stereocenters. The highest BCUT2D eigenvalue weighted by Gasteiger charge is 2.20. The van der Waals surface area contributed by atoms with E-state index in [0.29, 0.717) is 43.2 Å². The lowest BCUT2D eigenvalue weighted by atomic mass is 10.1. The number of hydrogen-bond acceptors (Lipinski definition) is 7. The second-order valence-corrected chi connectivity index (χ2v) is 9.45. The van der Waals surface area contributed by atoms with Crippen molar-refractivity contribution in [3.05, 3.63) is 87.3 Å². The van der Waals surface area contributed by atoms with Gasteiger partial charge in [-0.05, 0) is 60.7 Å². The fraction of sp³-hybridized carbons (Fsp3) is 0.250. The number of nitrogens with zero attached hydrogens (tertiary/aromatic N) is 4. The van der Waals surface area contributed by atoms with E-state index >= 15 is 0 Å². The van der Waals surface area contributed by atoms with Crippen molar-refractivity contribution in [2.24, 2.45) is 5.73 Å². The topological polar surface area (TPSA) is 132 Å². The lowest BCUT2D eigenvalue weighted by Crippen LogP contribution is -2.40. The molecule has 2 aromatic heterocycles. The van der Waals surface area contributed by atoms with E-state index in [4.69, 9.17) is 10.5 Å². The smallest absolute Gasteiger partial charge is 0.254 e. The molecule has 0 radical (unpaired) electrons. The number of nitrogens with one attached hydrogen (secondary N) is 1. The number of rotatable bonds is 5. The van der Waals surface area contributed by atoms with Crippen LogP contribution in [0.15, 0.2) is 59.7 Å². The molecule has 192 valence electrons. The first-order valence-corrected chi connectivity index (χ1v) is 12.6. The molecular formula is C28H26N6O4. The molecule has 1 aliphatic carbocycles. The van der Waals surface area contributed by atoms with Crippen molar-refractivity contribution in [1.82, 2.24) is 19.4 Å². The molecular weight excluding hydrogens is 484 g/mol. The van der Waals surface area contributed by atoms with E-state index in [0.717, 1.165) is 24.9 Å². The number of amides is 2. The molecule has 1 aliphatic heterocycles. The van der Waals surface area contributed by atoms with Crippen LogP contribution in [-0.4, -0.2) is 57.6 Å². The first-order chi connectivity index (χ1) is 18.5. The molecule has 38 heavy (non-hydrogen) atoms.